The van der Waals surface area contributed by atoms with Gasteiger partial charge in [0.05, 0.1) is 6.42 Å². The topological polar surface area (TPSA) is 12.0 Å². The van der Waals surface area contributed by atoms with Gasteiger partial charge in [-0.1, -0.05) is 23.8 Å². The zero-order valence-electron chi connectivity index (χ0n) is 9.49. The molecule has 1 nitrogen and oxygen atoms in total. The van der Waals surface area contributed by atoms with Gasteiger partial charge in [0, 0.05) is 13.1 Å². The predicted octanol–water partition coefficient (Wildman–Crippen LogP) is 3.35. The van der Waals surface area contributed by atoms with E-state index >= 15 is 0 Å². The number of benzene rings is 1. The number of nitrogens with one attached hydrogen (secondary N) is 1. The zero-order chi connectivity index (χ0) is 12.2. The first kappa shape index (κ1) is 13.0. The SMILES string of the molecule is Cc1ccc(CNCCC(F)(F)F)c(C)c1. The number of hydrogen-bond donors (Lipinski definition) is 1. The van der Waals surface area contributed by atoms with Crippen LogP contribution in [0.5, 0.6) is 0 Å². The van der Waals surface area contributed by atoms with Gasteiger partial charge in [-0.25, -0.2) is 0 Å². The standard InChI is InChI=1S/C12H16F3N/c1-9-3-4-11(10(2)7-9)8-16-6-5-12(13,14)15/h3-4,7,16H,5-6,8H2,1-2H3. The smallest absolute Gasteiger partial charge is 0.312 e. The molecule has 0 aromatic heterocycles. The highest BCUT2D eigenvalue weighted by Gasteiger charge is 2.25. The largest absolute Gasteiger partial charge is 0.390 e. The summed E-state index contributed by atoms with van der Waals surface area (Å²) in [6.45, 7) is 4.42. The van der Waals surface area contributed by atoms with Gasteiger partial charge >= 0.3 is 6.18 Å². The number of hydrogen-bond acceptors (Lipinski definition) is 1. The fraction of sp³-hybridized carbons (Fsp3) is 0.500. The Bertz CT molecular complexity index is 345. The molecule has 0 aliphatic heterocycles. The van der Waals surface area contributed by atoms with E-state index in [1.807, 2.05) is 32.0 Å². The third-order valence-corrected chi connectivity index (χ3v) is 2.40. The minimum absolute atomic E-state index is 0.0309. The summed E-state index contributed by atoms with van der Waals surface area (Å²) in [5.74, 6) is 0. The first-order valence-electron chi connectivity index (χ1n) is 5.22. The fourth-order valence-electron chi connectivity index (χ4n) is 1.50. The van der Waals surface area contributed by atoms with Gasteiger partial charge in [-0.15, -0.1) is 0 Å². The second-order valence-electron chi connectivity index (χ2n) is 3.97. The molecule has 90 valence electrons. The third-order valence-electron chi connectivity index (χ3n) is 2.40. The van der Waals surface area contributed by atoms with Gasteiger partial charge < -0.3 is 5.32 Å². The lowest BCUT2D eigenvalue weighted by Gasteiger charge is -2.10. The average molecular weight is 231 g/mol. The molecule has 0 saturated heterocycles. The molecular weight excluding hydrogens is 215 g/mol. The van der Waals surface area contributed by atoms with E-state index in [0.717, 1.165) is 16.7 Å². The van der Waals surface area contributed by atoms with Crippen LogP contribution >= 0.6 is 0 Å². The van der Waals surface area contributed by atoms with Crippen LogP contribution in [0.3, 0.4) is 0 Å². The normalized spacial score (nSPS) is 11.8. The monoisotopic (exact) mass is 231 g/mol. The highest BCUT2D eigenvalue weighted by atomic mass is 19.4. The Kier molecular flexibility index (Phi) is 4.35. The molecule has 4 heteroatoms. The molecule has 0 heterocycles. The summed E-state index contributed by atoms with van der Waals surface area (Å²) in [5.41, 5.74) is 3.32. The molecule has 0 radical (unpaired) electrons. The van der Waals surface area contributed by atoms with Crippen molar-refractivity contribution in [3.8, 4) is 0 Å². The van der Waals surface area contributed by atoms with Gasteiger partial charge in [0.1, 0.15) is 0 Å². The van der Waals surface area contributed by atoms with Crippen LogP contribution < -0.4 is 5.32 Å². The molecular formula is C12H16F3N. The minimum Gasteiger partial charge on any atom is -0.312 e. The van der Waals surface area contributed by atoms with Crippen LogP contribution in [0, 0.1) is 13.8 Å². The summed E-state index contributed by atoms with van der Waals surface area (Å²) in [4.78, 5) is 0. The zero-order valence-corrected chi connectivity index (χ0v) is 9.49. The fourth-order valence-corrected chi connectivity index (χ4v) is 1.50. The van der Waals surface area contributed by atoms with E-state index in [1.165, 1.54) is 0 Å². The Morgan fingerprint density at radius 1 is 1.19 bits per heavy atom. The van der Waals surface area contributed by atoms with Crippen molar-refractivity contribution >= 4 is 0 Å². The van der Waals surface area contributed by atoms with Crippen molar-refractivity contribution in [3.63, 3.8) is 0 Å². The van der Waals surface area contributed by atoms with E-state index in [-0.39, 0.29) is 6.54 Å². The first-order chi connectivity index (χ1) is 7.38. The summed E-state index contributed by atoms with van der Waals surface area (Å²) < 4.78 is 35.6. The second-order valence-corrected chi connectivity index (χ2v) is 3.97. The Hall–Kier alpha value is -1.03. The summed E-state index contributed by atoms with van der Waals surface area (Å²) in [6, 6.07) is 5.94. The summed E-state index contributed by atoms with van der Waals surface area (Å²) in [5, 5.41) is 2.80. The number of aryl methyl sites for hydroxylation is 2. The molecule has 0 unspecified atom stereocenters. The van der Waals surface area contributed by atoms with E-state index in [9.17, 15) is 13.2 Å². The summed E-state index contributed by atoms with van der Waals surface area (Å²) in [7, 11) is 0. The van der Waals surface area contributed by atoms with Crippen LogP contribution in [0.4, 0.5) is 13.2 Å². The van der Waals surface area contributed by atoms with Crippen molar-refractivity contribution in [2.45, 2.75) is 33.0 Å². The van der Waals surface area contributed by atoms with Gasteiger partial charge in [-0.2, -0.15) is 13.2 Å². The van der Waals surface area contributed by atoms with E-state index in [0.29, 0.717) is 6.54 Å². The van der Waals surface area contributed by atoms with Gasteiger partial charge in [0.2, 0.25) is 0 Å². The van der Waals surface area contributed by atoms with E-state index < -0.39 is 12.6 Å². The Morgan fingerprint density at radius 2 is 1.88 bits per heavy atom. The van der Waals surface area contributed by atoms with Gasteiger partial charge in [-0.3, -0.25) is 0 Å². The van der Waals surface area contributed by atoms with Crippen molar-refractivity contribution in [1.82, 2.24) is 5.32 Å². The lowest BCUT2D eigenvalue weighted by molar-refractivity contribution is -0.133. The Balaban J connectivity index is 2.38. The molecule has 1 rings (SSSR count). The molecule has 0 amide bonds. The highest BCUT2D eigenvalue weighted by molar-refractivity contribution is 5.30. The van der Waals surface area contributed by atoms with Crippen molar-refractivity contribution in [3.05, 3.63) is 34.9 Å². The van der Waals surface area contributed by atoms with Crippen molar-refractivity contribution in [2.75, 3.05) is 6.54 Å². The third kappa shape index (κ3) is 4.66. The lowest BCUT2D eigenvalue weighted by atomic mass is 10.1. The molecule has 0 aliphatic rings. The van der Waals surface area contributed by atoms with Gasteiger partial charge in [-0.05, 0) is 25.0 Å². The van der Waals surface area contributed by atoms with Gasteiger partial charge in [0.15, 0.2) is 0 Å². The molecule has 0 fully saturated rings. The minimum atomic E-state index is -4.07. The molecule has 16 heavy (non-hydrogen) atoms. The lowest BCUT2D eigenvalue weighted by Crippen LogP contribution is -2.21. The quantitative estimate of drug-likeness (QED) is 0.783. The maximum Gasteiger partial charge on any atom is 0.390 e. The molecule has 1 aromatic rings. The van der Waals surface area contributed by atoms with E-state index in [2.05, 4.69) is 5.32 Å². The Labute approximate surface area is 93.7 Å². The maximum atomic E-state index is 11.9. The van der Waals surface area contributed by atoms with Crippen molar-refractivity contribution in [1.29, 1.82) is 0 Å². The van der Waals surface area contributed by atoms with Crippen LogP contribution in [-0.2, 0) is 6.54 Å². The Morgan fingerprint density at radius 3 is 2.44 bits per heavy atom. The van der Waals surface area contributed by atoms with E-state index in [4.69, 9.17) is 0 Å². The number of halogens is 3. The molecule has 0 saturated carbocycles. The molecule has 0 bridgehead atoms. The summed E-state index contributed by atoms with van der Waals surface area (Å²) in [6.07, 6.45) is -4.85. The van der Waals surface area contributed by atoms with Crippen molar-refractivity contribution < 1.29 is 13.2 Å². The predicted molar refractivity (Wildman–Crippen MR) is 58.3 cm³/mol. The molecule has 0 atom stereocenters. The highest BCUT2D eigenvalue weighted by Crippen LogP contribution is 2.18. The molecule has 0 aliphatic carbocycles. The second kappa shape index (κ2) is 5.34. The van der Waals surface area contributed by atoms with Crippen LogP contribution in [0.15, 0.2) is 18.2 Å². The van der Waals surface area contributed by atoms with Crippen LogP contribution in [0.25, 0.3) is 0 Å². The molecule has 1 N–H and O–H groups in total. The molecule has 1 aromatic carbocycles. The van der Waals surface area contributed by atoms with Crippen LogP contribution in [0.1, 0.15) is 23.1 Å². The maximum absolute atomic E-state index is 11.9. The van der Waals surface area contributed by atoms with Gasteiger partial charge in [0.25, 0.3) is 0 Å². The number of alkyl halides is 3. The van der Waals surface area contributed by atoms with Crippen molar-refractivity contribution in [2.24, 2.45) is 0 Å². The van der Waals surface area contributed by atoms with E-state index in [1.54, 1.807) is 0 Å². The molecule has 0 spiro atoms. The van der Waals surface area contributed by atoms with Crippen LogP contribution in [0.2, 0.25) is 0 Å². The summed E-state index contributed by atoms with van der Waals surface area (Å²) >= 11 is 0. The van der Waals surface area contributed by atoms with Crippen LogP contribution in [-0.4, -0.2) is 12.7 Å². The first-order valence-corrected chi connectivity index (χ1v) is 5.22. The average Bonchev–Trinajstić information content (AvgIpc) is 2.13. The number of rotatable bonds is 4.